The minimum Gasteiger partial charge on any atom is -0.290 e. The van der Waals surface area contributed by atoms with Crippen molar-refractivity contribution in [1.82, 2.24) is 0 Å². The maximum absolute atomic E-state index is 11.1. The molecule has 0 spiro atoms. The molecule has 0 saturated heterocycles. The molecule has 1 aromatic carbocycles. The van der Waals surface area contributed by atoms with E-state index in [2.05, 4.69) is 32.9 Å². The molecular formula is C13H14O. The van der Waals surface area contributed by atoms with E-state index in [-0.39, 0.29) is 11.2 Å². The Morgan fingerprint density at radius 1 is 1.00 bits per heavy atom. The third kappa shape index (κ3) is 1.50. The average molecular weight is 186 g/mol. The second-order valence-electron chi connectivity index (χ2n) is 4.78. The summed E-state index contributed by atoms with van der Waals surface area (Å²) < 4.78 is 0. The van der Waals surface area contributed by atoms with Gasteiger partial charge in [-0.2, -0.15) is 0 Å². The first-order chi connectivity index (χ1) is 6.47. The van der Waals surface area contributed by atoms with E-state index in [1.54, 1.807) is 12.2 Å². The van der Waals surface area contributed by atoms with E-state index in [0.717, 1.165) is 10.4 Å². The molecule has 0 unspecified atom stereocenters. The number of Topliss-reactive ketones (excluding diaryl/α,β-unsaturated/α-hetero) is 1. The summed E-state index contributed by atoms with van der Waals surface area (Å²) in [6.45, 7) is 6.53. The summed E-state index contributed by atoms with van der Waals surface area (Å²) in [5, 5.41) is 2.10. The van der Waals surface area contributed by atoms with E-state index in [9.17, 15) is 4.79 Å². The standard InChI is InChI=1S/C13H14O/c1-13(2,3)11-5-4-9-7-12(14)8-10(9)6-11/h4-8H,1-3H3. The van der Waals surface area contributed by atoms with Crippen LogP contribution in [0.25, 0.3) is 12.2 Å². The highest BCUT2D eigenvalue weighted by molar-refractivity contribution is 6.26. The lowest BCUT2D eigenvalue weighted by Crippen LogP contribution is -2.24. The largest absolute Gasteiger partial charge is 0.290 e. The minimum absolute atomic E-state index is 0.103. The van der Waals surface area contributed by atoms with Crippen molar-refractivity contribution in [2.45, 2.75) is 26.2 Å². The Balaban J connectivity index is 2.66. The molecule has 0 fully saturated rings. The number of ketones is 1. The summed E-state index contributed by atoms with van der Waals surface area (Å²) in [7, 11) is 0. The van der Waals surface area contributed by atoms with Crippen molar-refractivity contribution in [2.75, 3.05) is 0 Å². The fourth-order valence-corrected chi connectivity index (χ4v) is 1.65. The quantitative estimate of drug-likeness (QED) is 0.593. The van der Waals surface area contributed by atoms with Gasteiger partial charge in [0.2, 0.25) is 0 Å². The lowest BCUT2D eigenvalue weighted by Gasteiger charge is -2.18. The molecule has 0 radical (unpaired) electrons. The summed E-state index contributed by atoms with van der Waals surface area (Å²) in [6.07, 6.45) is 3.38. The summed E-state index contributed by atoms with van der Waals surface area (Å²) in [5.41, 5.74) is 1.42. The first-order valence-electron chi connectivity index (χ1n) is 4.85. The zero-order valence-corrected chi connectivity index (χ0v) is 8.79. The third-order valence-corrected chi connectivity index (χ3v) is 2.55. The van der Waals surface area contributed by atoms with Crippen molar-refractivity contribution in [3.05, 3.63) is 34.2 Å². The van der Waals surface area contributed by atoms with Crippen LogP contribution >= 0.6 is 0 Å². The van der Waals surface area contributed by atoms with Crippen LogP contribution in [0.3, 0.4) is 0 Å². The van der Waals surface area contributed by atoms with Gasteiger partial charge in [0.15, 0.2) is 5.78 Å². The van der Waals surface area contributed by atoms with Gasteiger partial charge in [-0.05, 0) is 33.6 Å². The van der Waals surface area contributed by atoms with E-state index in [4.69, 9.17) is 0 Å². The summed E-state index contributed by atoms with van der Waals surface area (Å²) in [4.78, 5) is 11.1. The van der Waals surface area contributed by atoms with Crippen LogP contribution in [0.5, 0.6) is 0 Å². The predicted molar refractivity (Wildman–Crippen MR) is 58.3 cm³/mol. The maximum Gasteiger partial charge on any atom is 0.179 e. The second-order valence-corrected chi connectivity index (χ2v) is 4.78. The predicted octanol–water partition coefficient (Wildman–Crippen LogP) is 1.13. The topological polar surface area (TPSA) is 17.1 Å². The average Bonchev–Trinajstić information content (AvgIpc) is 2.41. The molecule has 0 bridgehead atoms. The fraction of sp³-hybridized carbons (Fsp3) is 0.308. The van der Waals surface area contributed by atoms with Crippen LogP contribution < -0.4 is 10.4 Å². The van der Waals surface area contributed by atoms with Crippen molar-refractivity contribution in [3.8, 4) is 0 Å². The number of benzene rings is 1. The van der Waals surface area contributed by atoms with Crippen LogP contribution in [-0.2, 0) is 10.2 Å². The molecule has 0 atom stereocenters. The van der Waals surface area contributed by atoms with Gasteiger partial charge >= 0.3 is 0 Å². The van der Waals surface area contributed by atoms with Crippen molar-refractivity contribution in [3.63, 3.8) is 0 Å². The van der Waals surface area contributed by atoms with Gasteiger partial charge in [0.05, 0.1) is 0 Å². The van der Waals surface area contributed by atoms with E-state index >= 15 is 0 Å². The molecular weight excluding hydrogens is 172 g/mol. The molecule has 0 aliphatic heterocycles. The van der Waals surface area contributed by atoms with Gasteiger partial charge in [-0.15, -0.1) is 0 Å². The van der Waals surface area contributed by atoms with Crippen molar-refractivity contribution in [2.24, 2.45) is 0 Å². The maximum atomic E-state index is 11.1. The third-order valence-electron chi connectivity index (χ3n) is 2.55. The lowest BCUT2D eigenvalue weighted by atomic mass is 9.87. The molecule has 1 aliphatic carbocycles. The van der Waals surface area contributed by atoms with Crippen LogP contribution in [0.15, 0.2) is 18.2 Å². The van der Waals surface area contributed by atoms with Crippen LogP contribution in [0.2, 0.25) is 0 Å². The Morgan fingerprint density at radius 2 is 1.64 bits per heavy atom. The molecule has 1 aromatic rings. The van der Waals surface area contributed by atoms with Crippen LogP contribution in [0, 0.1) is 0 Å². The summed E-state index contributed by atoms with van der Waals surface area (Å²) >= 11 is 0. The number of fused-ring (bicyclic) bond motifs is 1. The second kappa shape index (κ2) is 2.81. The van der Waals surface area contributed by atoms with Crippen molar-refractivity contribution < 1.29 is 4.79 Å². The number of carbonyl (C=O) groups is 1. The van der Waals surface area contributed by atoms with Crippen molar-refractivity contribution in [1.29, 1.82) is 0 Å². The Hall–Kier alpha value is -1.37. The van der Waals surface area contributed by atoms with Crippen molar-refractivity contribution >= 4 is 17.9 Å². The molecule has 72 valence electrons. The molecule has 1 aliphatic rings. The van der Waals surface area contributed by atoms with Gasteiger partial charge in [-0.3, -0.25) is 4.79 Å². The fourth-order valence-electron chi connectivity index (χ4n) is 1.65. The zero-order chi connectivity index (χ0) is 10.3. The Bertz CT molecular complexity index is 501. The normalized spacial score (nSPS) is 14.6. The smallest absolute Gasteiger partial charge is 0.179 e. The highest BCUT2D eigenvalue weighted by Gasteiger charge is 2.13. The SMILES string of the molecule is CC(C)(C)c1ccc2c(c1)=CC(=O)C=2. The van der Waals surface area contributed by atoms with Gasteiger partial charge in [0, 0.05) is 0 Å². The molecule has 1 nitrogen and oxygen atoms in total. The molecule has 14 heavy (non-hydrogen) atoms. The van der Waals surface area contributed by atoms with Gasteiger partial charge < -0.3 is 0 Å². The number of hydrogen-bond donors (Lipinski definition) is 0. The van der Waals surface area contributed by atoms with E-state index < -0.39 is 0 Å². The van der Waals surface area contributed by atoms with Gasteiger partial charge in [0.25, 0.3) is 0 Å². The lowest BCUT2D eigenvalue weighted by molar-refractivity contribution is -0.107. The molecule has 0 saturated carbocycles. The van der Waals surface area contributed by atoms with Gasteiger partial charge in [0.1, 0.15) is 0 Å². The number of rotatable bonds is 0. The van der Waals surface area contributed by atoms with E-state index in [1.807, 2.05) is 6.07 Å². The molecule has 0 heterocycles. The van der Waals surface area contributed by atoms with Gasteiger partial charge in [-0.25, -0.2) is 0 Å². The Kier molecular flexibility index (Phi) is 1.84. The molecule has 2 rings (SSSR count). The Morgan fingerprint density at radius 3 is 2.29 bits per heavy atom. The van der Waals surface area contributed by atoms with Crippen LogP contribution in [0.4, 0.5) is 0 Å². The first-order valence-corrected chi connectivity index (χ1v) is 4.85. The zero-order valence-electron chi connectivity index (χ0n) is 8.79. The molecule has 0 N–H and O–H groups in total. The monoisotopic (exact) mass is 186 g/mol. The van der Waals surface area contributed by atoms with Crippen LogP contribution in [0.1, 0.15) is 26.3 Å². The molecule has 0 amide bonds. The Labute approximate surface area is 83.8 Å². The summed E-state index contributed by atoms with van der Waals surface area (Å²) in [6, 6.07) is 6.23. The molecule has 1 heteroatoms. The van der Waals surface area contributed by atoms with E-state index in [1.165, 1.54) is 5.56 Å². The highest BCUT2D eigenvalue weighted by Crippen LogP contribution is 2.19. The highest BCUT2D eigenvalue weighted by atomic mass is 16.1. The number of hydrogen-bond acceptors (Lipinski definition) is 1. The van der Waals surface area contributed by atoms with Crippen LogP contribution in [-0.4, -0.2) is 5.78 Å². The minimum atomic E-state index is 0.103. The van der Waals surface area contributed by atoms with E-state index in [0.29, 0.717) is 0 Å². The molecule has 0 aromatic heterocycles. The first kappa shape index (κ1) is 9.20. The van der Waals surface area contributed by atoms with Gasteiger partial charge in [-0.1, -0.05) is 39.0 Å². The number of carbonyl (C=O) groups excluding carboxylic acids is 1. The summed E-state index contributed by atoms with van der Waals surface area (Å²) in [5.74, 6) is 0.103.